The molecule has 18 aromatic carbocycles. The van der Waals surface area contributed by atoms with E-state index in [0.29, 0.717) is 0 Å². The van der Waals surface area contributed by atoms with E-state index in [-0.39, 0.29) is 21.7 Å². The monoisotopic (exact) mass is 1660 g/mol. The Labute approximate surface area is 756 Å². The highest BCUT2D eigenvalue weighted by Crippen LogP contribution is 2.56. The zero-order chi connectivity index (χ0) is 87.2. The molecule has 0 saturated carbocycles. The van der Waals surface area contributed by atoms with E-state index in [0.717, 1.165) is 133 Å². The first-order chi connectivity index (χ1) is 63.5. The lowest BCUT2D eigenvalue weighted by molar-refractivity contribution is 0.660. The summed E-state index contributed by atoms with van der Waals surface area (Å²) in [5, 5.41) is 6.88. The second kappa shape index (κ2) is 28.9. The number of fused-ring (bicyclic) bond motifs is 20. The average molecular weight is 1660 g/mol. The number of benzene rings is 18. The van der Waals surface area contributed by atoms with E-state index in [1.165, 1.54) is 122 Å². The van der Waals surface area contributed by atoms with Crippen molar-refractivity contribution in [1.29, 1.82) is 0 Å². The Morgan fingerprint density at radius 2 is 0.477 bits per heavy atom. The van der Waals surface area contributed by atoms with Crippen molar-refractivity contribution in [3.8, 4) is 146 Å². The molecule has 0 spiro atoms. The van der Waals surface area contributed by atoms with Gasteiger partial charge in [0.15, 0.2) is 0 Å². The maximum Gasteiger partial charge on any atom is 0.145 e. The SMILES string of the molecule is CC1(C)c2ccccc2-c2ccc(-c3cc(-c4ccc5c(c4)C(C)(C)c4ccccc4-5)c4cc(-c5ccc(-n6c(-c7ccccc7)nc7ccccc76)cc5)c5ccccc5c4n3)cc21.CC1(C)c2ccccc2-c2ccc(-c3cc(-c4ccc5c(c4)C(C)(C)c4ccccc4-5)c4cc(-c5ccc6c(c5)nc(-c5ccccc5)n6-c5ccccc5)c5ccccc5c4n3)cc21. The molecule has 4 heterocycles. The van der Waals surface area contributed by atoms with Crippen LogP contribution in [0.3, 0.4) is 0 Å². The molecule has 4 aliphatic carbocycles. The van der Waals surface area contributed by atoms with Crippen molar-refractivity contribution in [3.63, 3.8) is 0 Å². The topological polar surface area (TPSA) is 61.4 Å². The van der Waals surface area contributed by atoms with Crippen molar-refractivity contribution >= 4 is 65.4 Å². The number of aromatic nitrogens is 6. The van der Waals surface area contributed by atoms with Gasteiger partial charge in [0.25, 0.3) is 0 Å². The van der Waals surface area contributed by atoms with Gasteiger partial charge in [0.2, 0.25) is 0 Å². The number of hydrogen-bond acceptors (Lipinski definition) is 4. The minimum atomic E-state index is -0.136. The van der Waals surface area contributed by atoms with Crippen LogP contribution in [0.2, 0.25) is 0 Å². The molecular weight excluding hydrogens is 1570 g/mol. The van der Waals surface area contributed by atoms with E-state index < -0.39 is 0 Å². The van der Waals surface area contributed by atoms with Gasteiger partial charge in [-0.05, 0) is 241 Å². The van der Waals surface area contributed by atoms with Crippen LogP contribution in [0.25, 0.3) is 211 Å². The molecule has 0 saturated heterocycles. The number of para-hydroxylation sites is 3. The smallest absolute Gasteiger partial charge is 0.145 e. The first-order valence-corrected chi connectivity index (χ1v) is 45.5. The number of rotatable bonds is 10. The second-order valence-corrected chi connectivity index (χ2v) is 37.9. The number of nitrogens with zero attached hydrogens (tertiary/aromatic N) is 6. The van der Waals surface area contributed by atoms with E-state index in [9.17, 15) is 0 Å². The van der Waals surface area contributed by atoms with Crippen LogP contribution in [0.1, 0.15) is 99.9 Å². The molecule has 4 aromatic heterocycles. The first kappa shape index (κ1) is 76.7. The lowest BCUT2D eigenvalue weighted by Gasteiger charge is -2.23. The van der Waals surface area contributed by atoms with Gasteiger partial charge in [0, 0.05) is 76.8 Å². The first-order valence-electron chi connectivity index (χ1n) is 45.5. The molecule has 26 rings (SSSR count). The molecule has 0 amide bonds. The van der Waals surface area contributed by atoms with Crippen LogP contribution in [0.15, 0.2) is 400 Å². The Morgan fingerprint density at radius 1 is 0.177 bits per heavy atom. The standard InChI is InChI=1S/2C62H45N3/c1-61(2)52-25-15-13-22-44(52)46-30-27-39(33-54(46)61)50-37-56(41-28-31-47-45-23-14-16-26-53(45)62(3,4)55(47)34-41)63-59-48-24-12-11-21-43(48)49(36-51(50)59)40-29-32-58-57(35-40)64-60(38-17-7-5-8-18-38)65(58)42-19-9-6-10-20-42;1-61(2)52-22-12-10-19-44(52)46-32-28-40(34-54(46)61)50-37-57(41-29-33-47-45-20-11-13-23-53(45)62(3,4)55(47)35-41)63-59-48-21-9-8-18-43(48)49(36-51(50)59)38-26-30-42(31-27-38)65-58-25-15-14-24-56(58)64-60(65)39-16-6-5-7-17-39/h2*5-37H,1-4H3. The van der Waals surface area contributed by atoms with Crippen LogP contribution in [0.4, 0.5) is 0 Å². The molecule has 0 fully saturated rings. The molecule has 0 aliphatic heterocycles. The minimum absolute atomic E-state index is 0.118. The largest absolute Gasteiger partial charge is 0.292 e. The van der Waals surface area contributed by atoms with Crippen LogP contribution in [0, 0.1) is 0 Å². The van der Waals surface area contributed by atoms with Crippen molar-refractivity contribution in [2.24, 2.45) is 0 Å². The Kier molecular flexibility index (Phi) is 17.0. The Hall–Kier alpha value is -15.8. The van der Waals surface area contributed by atoms with Crippen LogP contribution >= 0.6 is 0 Å². The third-order valence-corrected chi connectivity index (χ3v) is 29.2. The van der Waals surface area contributed by atoms with Gasteiger partial charge in [-0.2, -0.15) is 0 Å². The van der Waals surface area contributed by atoms with Crippen molar-refractivity contribution in [1.82, 2.24) is 29.1 Å². The summed E-state index contributed by atoms with van der Waals surface area (Å²) in [7, 11) is 0. The summed E-state index contributed by atoms with van der Waals surface area (Å²) in [5.74, 6) is 1.85. The van der Waals surface area contributed by atoms with Crippen molar-refractivity contribution in [2.75, 3.05) is 0 Å². The summed E-state index contributed by atoms with van der Waals surface area (Å²) in [6, 6.07) is 147. The molecule has 4 aliphatic rings. The third kappa shape index (κ3) is 11.7. The molecule has 616 valence electrons. The third-order valence-electron chi connectivity index (χ3n) is 29.2. The van der Waals surface area contributed by atoms with Gasteiger partial charge in [0.1, 0.15) is 11.6 Å². The summed E-state index contributed by atoms with van der Waals surface area (Å²) in [6.07, 6.45) is 0. The molecule has 22 aromatic rings. The maximum atomic E-state index is 5.67. The van der Waals surface area contributed by atoms with Crippen molar-refractivity contribution in [2.45, 2.75) is 77.0 Å². The van der Waals surface area contributed by atoms with Gasteiger partial charge in [-0.15, -0.1) is 0 Å². The predicted octanol–water partition coefficient (Wildman–Crippen LogP) is 32.0. The lowest BCUT2D eigenvalue weighted by Crippen LogP contribution is -2.15. The molecule has 6 nitrogen and oxygen atoms in total. The quantitative estimate of drug-likeness (QED) is 0.128. The van der Waals surface area contributed by atoms with Crippen LogP contribution < -0.4 is 0 Å². The maximum absolute atomic E-state index is 5.67. The summed E-state index contributed by atoms with van der Waals surface area (Å²) >= 11 is 0. The molecule has 0 atom stereocenters. The summed E-state index contributed by atoms with van der Waals surface area (Å²) in [6.45, 7) is 18.9. The number of hydrogen-bond donors (Lipinski definition) is 0. The zero-order valence-corrected chi connectivity index (χ0v) is 73.8. The van der Waals surface area contributed by atoms with E-state index in [1.807, 2.05) is 0 Å². The Bertz CT molecular complexity index is 8510. The average Bonchev–Trinajstić information content (AvgIpc) is 1.22. The van der Waals surface area contributed by atoms with Gasteiger partial charge < -0.3 is 0 Å². The highest BCUT2D eigenvalue weighted by atomic mass is 15.1. The zero-order valence-electron chi connectivity index (χ0n) is 73.8. The van der Waals surface area contributed by atoms with E-state index in [1.54, 1.807) is 0 Å². The fraction of sp³-hybridized carbons (Fsp3) is 0.0968. The second-order valence-electron chi connectivity index (χ2n) is 37.9. The summed E-state index contributed by atoms with van der Waals surface area (Å²) in [5.41, 5.74) is 45.0. The fourth-order valence-electron chi connectivity index (χ4n) is 22.6. The van der Waals surface area contributed by atoms with Crippen molar-refractivity contribution in [3.05, 3.63) is 445 Å². The van der Waals surface area contributed by atoms with Gasteiger partial charge in [-0.1, -0.05) is 359 Å². The molecule has 0 N–H and O–H groups in total. The molecular formula is C124H90N6. The van der Waals surface area contributed by atoms with E-state index in [4.69, 9.17) is 19.9 Å². The van der Waals surface area contributed by atoms with Crippen molar-refractivity contribution < 1.29 is 0 Å². The normalized spacial score (nSPS) is 14.1. The van der Waals surface area contributed by atoms with Gasteiger partial charge in [-0.25, -0.2) is 19.9 Å². The van der Waals surface area contributed by atoms with Gasteiger partial charge in [-0.3, -0.25) is 9.13 Å². The van der Waals surface area contributed by atoms with Gasteiger partial charge in [0.05, 0.1) is 44.5 Å². The molecule has 130 heavy (non-hydrogen) atoms. The number of pyridine rings is 2. The predicted molar refractivity (Wildman–Crippen MR) is 541 cm³/mol. The van der Waals surface area contributed by atoms with Crippen LogP contribution in [-0.4, -0.2) is 29.1 Å². The van der Waals surface area contributed by atoms with Crippen LogP contribution in [-0.2, 0) is 21.7 Å². The summed E-state index contributed by atoms with van der Waals surface area (Å²) < 4.78 is 4.56. The summed E-state index contributed by atoms with van der Waals surface area (Å²) in [4.78, 5) is 21.8. The highest BCUT2D eigenvalue weighted by molar-refractivity contribution is 6.18. The Morgan fingerprint density at radius 3 is 0.915 bits per heavy atom. The minimum Gasteiger partial charge on any atom is -0.292 e. The van der Waals surface area contributed by atoms with Crippen LogP contribution in [0.5, 0.6) is 0 Å². The molecule has 0 radical (unpaired) electrons. The molecule has 0 bridgehead atoms. The van der Waals surface area contributed by atoms with E-state index in [2.05, 4.69) is 465 Å². The lowest BCUT2D eigenvalue weighted by atomic mass is 9.81. The molecule has 0 unspecified atom stereocenters. The number of imidazole rings is 2. The fourth-order valence-corrected chi connectivity index (χ4v) is 22.6. The van der Waals surface area contributed by atoms with E-state index >= 15 is 0 Å². The molecule has 6 heteroatoms. The Balaban J connectivity index is 0.000000140. The van der Waals surface area contributed by atoms with Gasteiger partial charge >= 0.3 is 0 Å². The highest BCUT2D eigenvalue weighted by Gasteiger charge is 2.40.